The van der Waals surface area contributed by atoms with E-state index in [1.807, 2.05) is 38.1 Å². The molecule has 0 aromatic carbocycles. The van der Waals surface area contributed by atoms with Gasteiger partial charge in [-0.25, -0.2) is 0 Å². The number of pyridine rings is 1. The largest absolute Gasteiger partial charge is 0.467 e. The Morgan fingerprint density at radius 2 is 2.07 bits per heavy atom. The minimum absolute atomic E-state index is 0.229. The number of rotatable bonds is 2. The molecule has 15 heavy (non-hydrogen) atoms. The SMILES string of the molecule is Cc1ccc(C(N)c2ccco2)c(C)n1. The molecule has 0 aliphatic rings. The van der Waals surface area contributed by atoms with E-state index in [-0.39, 0.29) is 6.04 Å². The van der Waals surface area contributed by atoms with E-state index < -0.39 is 0 Å². The van der Waals surface area contributed by atoms with Crippen LogP contribution in [0, 0.1) is 13.8 Å². The van der Waals surface area contributed by atoms with Gasteiger partial charge in [-0.15, -0.1) is 0 Å². The van der Waals surface area contributed by atoms with Crippen molar-refractivity contribution >= 4 is 0 Å². The van der Waals surface area contributed by atoms with Crippen molar-refractivity contribution in [2.45, 2.75) is 19.9 Å². The summed E-state index contributed by atoms with van der Waals surface area (Å²) in [5.74, 6) is 0.767. The summed E-state index contributed by atoms with van der Waals surface area (Å²) in [6, 6.07) is 7.46. The number of hydrogen-bond donors (Lipinski definition) is 1. The van der Waals surface area contributed by atoms with Crippen molar-refractivity contribution in [2.24, 2.45) is 5.73 Å². The minimum Gasteiger partial charge on any atom is -0.467 e. The predicted octanol–water partition coefficient (Wildman–Crippen LogP) is 2.34. The van der Waals surface area contributed by atoms with Gasteiger partial charge in [0.25, 0.3) is 0 Å². The highest BCUT2D eigenvalue weighted by Crippen LogP contribution is 2.21. The van der Waals surface area contributed by atoms with Crippen molar-refractivity contribution < 1.29 is 4.42 Å². The van der Waals surface area contributed by atoms with Crippen LogP contribution in [0.15, 0.2) is 34.9 Å². The van der Waals surface area contributed by atoms with Gasteiger partial charge in [-0.05, 0) is 37.6 Å². The van der Waals surface area contributed by atoms with Crippen LogP contribution in [0.4, 0.5) is 0 Å². The van der Waals surface area contributed by atoms with E-state index in [0.717, 1.165) is 22.7 Å². The van der Waals surface area contributed by atoms with Crippen molar-refractivity contribution in [3.8, 4) is 0 Å². The van der Waals surface area contributed by atoms with Gasteiger partial charge in [-0.3, -0.25) is 4.98 Å². The number of aromatic nitrogens is 1. The molecule has 0 bridgehead atoms. The van der Waals surface area contributed by atoms with Gasteiger partial charge < -0.3 is 10.2 Å². The summed E-state index contributed by atoms with van der Waals surface area (Å²) in [5, 5.41) is 0. The fourth-order valence-corrected chi connectivity index (χ4v) is 1.65. The third-order valence-electron chi connectivity index (χ3n) is 2.45. The van der Waals surface area contributed by atoms with E-state index in [4.69, 9.17) is 10.2 Å². The second kappa shape index (κ2) is 3.87. The molecule has 0 aliphatic carbocycles. The van der Waals surface area contributed by atoms with Crippen LogP contribution in [0.3, 0.4) is 0 Å². The summed E-state index contributed by atoms with van der Waals surface area (Å²) in [6.07, 6.45) is 1.63. The van der Waals surface area contributed by atoms with E-state index in [1.165, 1.54) is 0 Å². The highest BCUT2D eigenvalue weighted by atomic mass is 16.3. The average molecular weight is 202 g/mol. The fourth-order valence-electron chi connectivity index (χ4n) is 1.65. The molecule has 1 atom stereocenters. The first-order chi connectivity index (χ1) is 7.18. The molecule has 0 saturated heterocycles. The van der Waals surface area contributed by atoms with Crippen molar-refractivity contribution in [3.63, 3.8) is 0 Å². The smallest absolute Gasteiger partial charge is 0.125 e. The van der Waals surface area contributed by atoms with E-state index in [1.54, 1.807) is 6.26 Å². The lowest BCUT2D eigenvalue weighted by molar-refractivity contribution is 0.488. The summed E-state index contributed by atoms with van der Waals surface area (Å²) < 4.78 is 5.28. The van der Waals surface area contributed by atoms with Gasteiger partial charge in [0.2, 0.25) is 0 Å². The van der Waals surface area contributed by atoms with Crippen LogP contribution in [0.2, 0.25) is 0 Å². The quantitative estimate of drug-likeness (QED) is 0.813. The standard InChI is InChI=1S/C12H14N2O/c1-8-5-6-10(9(2)14-8)12(13)11-4-3-7-15-11/h3-7,12H,13H2,1-2H3. The molecule has 0 fully saturated rings. The Bertz CT molecular complexity index is 449. The summed E-state index contributed by atoms with van der Waals surface area (Å²) >= 11 is 0. The zero-order chi connectivity index (χ0) is 10.8. The topological polar surface area (TPSA) is 52.0 Å². The van der Waals surface area contributed by atoms with Crippen LogP contribution in [0.5, 0.6) is 0 Å². The highest BCUT2D eigenvalue weighted by Gasteiger charge is 2.14. The number of furan rings is 1. The normalized spacial score (nSPS) is 12.7. The lowest BCUT2D eigenvalue weighted by Crippen LogP contribution is -2.13. The number of nitrogens with two attached hydrogens (primary N) is 1. The third-order valence-corrected chi connectivity index (χ3v) is 2.45. The second-order valence-electron chi connectivity index (χ2n) is 3.62. The fraction of sp³-hybridized carbons (Fsp3) is 0.250. The molecule has 0 amide bonds. The van der Waals surface area contributed by atoms with Crippen LogP contribution in [-0.2, 0) is 0 Å². The Morgan fingerprint density at radius 1 is 1.27 bits per heavy atom. The Balaban J connectivity index is 2.38. The average Bonchev–Trinajstić information content (AvgIpc) is 2.69. The number of nitrogens with zero attached hydrogens (tertiary/aromatic N) is 1. The molecule has 0 saturated carbocycles. The molecule has 2 heterocycles. The molecular formula is C12H14N2O. The Labute approximate surface area is 88.9 Å². The molecule has 0 aliphatic heterocycles. The van der Waals surface area contributed by atoms with Crippen LogP contribution >= 0.6 is 0 Å². The minimum atomic E-state index is -0.229. The summed E-state index contributed by atoms with van der Waals surface area (Å²) in [6.45, 7) is 3.93. The first-order valence-electron chi connectivity index (χ1n) is 4.91. The summed E-state index contributed by atoms with van der Waals surface area (Å²) in [7, 11) is 0. The Hall–Kier alpha value is -1.61. The van der Waals surface area contributed by atoms with E-state index in [0.29, 0.717) is 0 Å². The Morgan fingerprint density at radius 3 is 2.67 bits per heavy atom. The molecule has 3 nitrogen and oxygen atoms in total. The monoisotopic (exact) mass is 202 g/mol. The molecule has 3 heteroatoms. The molecule has 2 rings (SSSR count). The Kier molecular flexibility index (Phi) is 2.56. The zero-order valence-corrected chi connectivity index (χ0v) is 8.90. The molecule has 2 aromatic heterocycles. The van der Waals surface area contributed by atoms with E-state index >= 15 is 0 Å². The molecule has 0 radical (unpaired) electrons. The van der Waals surface area contributed by atoms with Gasteiger partial charge in [-0.2, -0.15) is 0 Å². The molecule has 2 N–H and O–H groups in total. The van der Waals surface area contributed by atoms with Crippen molar-refractivity contribution in [2.75, 3.05) is 0 Å². The molecule has 0 spiro atoms. The van der Waals surface area contributed by atoms with Crippen molar-refractivity contribution in [1.82, 2.24) is 4.98 Å². The maximum Gasteiger partial charge on any atom is 0.125 e. The van der Waals surface area contributed by atoms with Gasteiger partial charge in [0, 0.05) is 11.4 Å². The van der Waals surface area contributed by atoms with Crippen LogP contribution in [0.1, 0.15) is 28.8 Å². The van der Waals surface area contributed by atoms with Crippen LogP contribution < -0.4 is 5.73 Å². The third kappa shape index (κ3) is 1.92. The first kappa shape index (κ1) is 9.93. The van der Waals surface area contributed by atoms with E-state index in [2.05, 4.69) is 4.98 Å². The summed E-state index contributed by atoms with van der Waals surface area (Å²) in [5.41, 5.74) is 9.05. The van der Waals surface area contributed by atoms with Crippen LogP contribution in [-0.4, -0.2) is 4.98 Å². The van der Waals surface area contributed by atoms with Crippen LogP contribution in [0.25, 0.3) is 0 Å². The molecule has 2 aromatic rings. The van der Waals surface area contributed by atoms with Crippen molar-refractivity contribution in [3.05, 3.63) is 53.2 Å². The van der Waals surface area contributed by atoms with Gasteiger partial charge in [0.05, 0.1) is 12.3 Å². The van der Waals surface area contributed by atoms with E-state index in [9.17, 15) is 0 Å². The van der Waals surface area contributed by atoms with Gasteiger partial charge in [-0.1, -0.05) is 6.07 Å². The maximum absolute atomic E-state index is 6.08. The molecule has 78 valence electrons. The number of aryl methyl sites for hydroxylation is 2. The van der Waals surface area contributed by atoms with Gasteiger partial charge in [0.15, 0.2) is 0 Å². The summed E-state index contributed by atoms with van der Waals surface area (Å²) in [4.78, 5) is 4.38. The predicted molar refractivity (Wildman–Crippen MR) is 58.4 cm³/mol. The van der Waals surface area contributed by atoms with Gasteiger partial charge >= 0.3 is 0 Å². The molecular weight excluding hydrogens is 188 g/mol. The maximum atomic E-state index is 6.08. The number of hydrogen-bond acceptors (Lipinski definition) is 3. The lowest BCUT2D eigenvalue weighted by Gasteiger charge is -2.11. The first-order valence-corrected chi connectivity index (χ1v) is 4.91. The second-order valence-corrected chi connectivity index (χ2v) is 3.62. The van der Waals surface area contributed by atoms with Crippen molar-refractivity contribution in [1.29, 1.82) is 0 Å². The van der Waals surface area contributed by atoms with Gasteiger partial charge in [0.1, 0.15) is 5.76 Å². The molecule has 1 unspecified atom stereocenters. The lowest BCUT2D eigenvalue weighted by atomic mass is 10.0. The zero-order valence-electron chi connectivity index (χ0n) is 8.90. The highest BCUT2D eigenvalue weighted by molar-refractivity contribution is 5.30.